The van der Waals surface area contributed by atoms with E-state index in [9.17, 15) is 4.79 Å². The Morgan fingerprint density at radius 1 is 1.04 bits per heavy atom. The number of aliphatic imine (C=N–C) groups is 1. The van der Waals surface area contributed by atoms with Gasteiger partial charge >= 0.3 is 0 Å². The van der Waals surface area contributed by atoms with Gasteiger partial charge in [0.2, 0.25) is 0 Å². The second kappa shape index (κ2) is 7.22. The van der Waals surface area contributed by atoms with Crippen LogP contribution >= 0.6 is 15.9 Å². The quantitative estimate of drug-likeness (QED) is 0.751. The lowest BCUT2D eigenvalue weighted by Gasteiger charge is -2.28. The molecule has 1 saturated heterocycles. The lowest BCUT2D eigenvalue weighted by molar-refractivity contribution is -0.114. The van der Waals surface area contributed by atoms with Crippen molar-refractivity contribution in [1.82, 2.24) is 4.90 Å². The second-order valence-corrected chi connectivity index (χ2v) is 7.72. The molecule has 0 spiro atoms. The number of nitrogens with zero attached hydrogens (tertiary/aromatic N) is 2. The second-order valence-electron chi connectivity index (χ2n) is 6.81. The van der Waals surface area contributed by atoms with Gasteiger partial charge in [-0.2, -0.15) is 0 Å². The third-order valence-electron chi connectivity index (χ3n) is 5.08. The number of hydrogen-bond acceptors (Lipinski definition) is 3. The zero-order valence-corrected chi connectivity index (χ0v) is 15.7. The molecule has 1 fully saturated rings. The van der Waals surface area contributed by atoms with Crippen molar-refractivity contribution in [3.63, 3.8) is 0 Å². The molecule has 2 aromatic carbocycles. The van der Waals surface area contributed by atoms with Gasteiger partial charge in [-0.15, -0.1) is 0 Å². The molecule has 0 bridgehead atoms. The topological polar surface area (TPSA) is 32.7 Å². The molecule has 2 aromatic rings. The minimum atomic E-state index is -0.0938. The van der Waals surface area contributed by atoms with Gasteiger partial charge in [-0.25, -0.2) is 4.99 Å². The van der Waals surface area contributed by atoms with Crippen molar-refractivity contribution in [1.29, 1.82) is 0 Å². The van der Waals surface area contributed by atoms with Crippen LogP contribution in [0.3, 0.4) is 0 Å². The first-order valence-electron chi connectivity index (χ1n) is 8.92. The summed E-state index contributed by atoms with van der Waals surface area (Å²) in [5.74, 6) is 0.0613. The number of carbonyl (C=O) groups excluding carboxylic acids is 1. The van der Waals surface area contributed by atoms with Gasteiger partial charge in [0, 0.05) is 16.6 Å². The smallest absolute Gasteiger partial charge is 0.190 e. The van der Waals surface area contributed by atoms with Gasteiger partial charge in [-0.05, 0) is 55.8 Å². The maximum atomic E-state index is 13.2. The summed E-state index contributed by atoms with van der Waals surface area (Å²) in [6.45, 7) is 3.00. The summed E-state index contributed by atoms with van der Waals surface area (Å²) in [4.78, 5) is 20.3. The van der Waals surface area contributed by atoms with E-state index < -0.39 is 0 Å². The van der Waals surface area contributed by atoms with Crippen molar-refractivity contribution >= 4 is 33.1 Å². The number of rotatable bonds is 3. The molecule has 1 atom stereocenters. The fourth-order valence-corrected chi connectivity index (χ4v) is 4.17. The number of likely N-dealkylation sites (tertiary alicyclic amines) is 1. The number of benzene rings is 2. The molecule has 0 aromatic heterocycles. The molecule has 3 nitrogen and oxygen atoms in total. The third-order valence-corrected chi connectivity index (χ3v) is 5.58. The lowest BCUT2D eigenvalue weighted by Crippen LogP contribution is -2.35. The SMILES string of the molecule is O=C1C(=Nc2ccccc2)c2cc(Br)ccc2C1CN1CCCCC1. The van der Waals surface area contributed by atoms with E-state index in [2.05, 4.69) is 26.9 Å². The number of halogens is 1. The van der Waals surface area contributed by atoms with E-state index in [1.165, 1.54) is 19.3 Å². The highest BCUT2D eigenvalue weighted by atomic mass is 79.9. The molecule has 0 N–H and O–H groups in total. The normalized spacial score (nSPS) is 22.4. The van der Waals surface area contributed by atoms with Crippen LogP contribution in [0.25, 0.3) is 0 Å². The molecule has 4 heteroatoms. The Hall–Kier alpha value is -1.78. The number of ketones is 1. The van der Waals surface area contributed by atoms with E-state index in [-0.39, 0.29) is 11.7 Å². The van der Waals surface area contributed by atoms with Crippen molar-refractivity contribution in [3.8, 4) is 0 Å². The Balaban J connectivity index is 1.71. The lowest BCUT2D eigenvalue weighted by atomic mass is 9.99. The van der Waals surface area contributed by atoms with Gasteiger partial charge in [0.15, 0.2) is 5.78 Å². The highest BCUT2D eigenvalue weighted by molar-refractivity contribution is 9.10. The Kier molecular flexibility index (Phi) is 4.82. The van der Waals surface area contributed by atoms with E-state index in [1.807, 2.05) is 42.5 Å². The maximum Gasteiger partial charge on any atom is 0.190 e. The molecule has 0 amide bonds. The molecule has 1 unspecified atom stereocenters. The summed E-state index contributed by atoms with van der Waals surface area (Å²) < 4.78 is 0.985. The van der Waals surface area contributed by atoms with Crippen molar-refractivity contribution in [2.45, 2.75) is 25.2 Å². The number of Topliss-reactive ketones (excluding diaryl/α,β-unsaturated/α-hetero) is 1. The minimum absolute atomic E-state index is 0.0938. The zero-order valence-electron chi connectivity index (χ0n) is 14.1. The van der Waals surface area contributed by atoms with E-state index in [4.69, 9.17) is 4.99 Å². The summed E-state index contributed by atoms with van der Waals surface area (Å²) in [6.07, 6.45) is 3.78. The first-order valence-corrected chi connectivity index (χ1v) is 9.72. The highest BCUT2D eigenvalue weighted by Crippen LogP contribution is 2.35. The molecule has 0 saturated carbocycles. The zero-order chi connectivity index (χ0) is 17.2. The molecule has 25 heavy (non-hydrogen) atoms. The molecule has 128 valence electrons. The molecule has 4 rings (SSSR count). The molecule has 1 aliphatic heterocycles. The third kappa shape index (κ3) is 3.46. The molecule has 1 aliphatic carbocycles. The summed E-state index contributed by atoms with van der Waals surface area (Å²) >= 11 is 3.54. The first-order chi connectivity index (χ1) is 12.2. The van der Waals surface area contributed by atoms with Crippen LogP contribution in [0.2, 0.25) is 0 Å². The number of hydrogen-bond donors (Lipinski definition) is 0. The van der Waals surface area contributed by atoms with Crippen molar-refractivity contribution in [3.05, 3.63) is 64.1 Å². The van der Waals surface area contributed by atoms with Crippen LogP contribution in [-0.2, 0) is 4.79 Å². The summed E-state index contributed by atoms with van der Waals surface area (Å²) in [7, 11) is 0. The predicted octanol–water partition coefficient (Wildman–Crippen LogP) is 4.72. The monoisotopic (exact) mass is 396 g/mol. The Morgan fingerprint density at radius 2 is 1.80 bits per heavy atom. The Labute approximate surface area is 156 Å². The molecular weight excluding hydrogens is 376 g/mol. The van der Waals surface area contributed by atoms with E-state index in [0.29, 0.717) is 5.71 Å². The molecule has 2 aliphatic rings. The number of carbonyl (C=O) groups is 1. The fourth-order valence-electron chi connectivity index (χ4n) is 3.80. The van der Waals surface area contributed by atoms with Crippen LogP contribution in [0.5, 0.6) is 0 Å². The number of para-hydroxylation sites is 1. The van der Waals surface area contributed by atoms with Gasteiger partial charge < -0.3 is 4.90 Å². The predicted molar refractivity (Wildman–Crippen MR) is 105 cm³/mol. The van der Waals surface area contributed by atoms with Gasteiger partial charge in [0.05, 0.1) is 11.6 Å². The average Bonchev–Trinajstić information content (AvgIpc) is 2.89. The standard InChI is InChI=1S/C21H21BrN2O/c22-15-9-10-17-18(13-15)20(23-16-7-3-1-4-8-16)21(25)19(17)14-24-11-5-2-6-12-24/h1,3-4,7-10,13,19H,2,5-6,11-12,14H2. The number of piperidine rings is 1. The summed E-state index contributed by atoms with van der Waals surface area (Å²) in [6, 6.07) is 15.9. The molecule has 1 heterocycles. The summed E-state index contributed by atoms with van der Waals surface area (Å²) in [5, 5.41) is 0. The van der Waals surface area contributed by atoms with E-state index in [1.54, 1.807) is 0 Å². The highest BCUT2D eigenvalue weighted by Gasteiger charge is 2.37. The van der Waals surface area contributed by atoms with Crippen molar-refractivity contribution in [2.75, 3.05) is 19.6 Å². The fraction of sp³-hybridized carbons (Fsp3) is 0.333. The number of fused-ring (bicyclic) bond motifs is 1. The van der Waals surface area contributed by atoms with Gasteiger partial charge in [0.1, 0.15) is 5.71 Å². The van der Waals surface area contributed by atoms with Crippen molar-refractivity contribution in [2.24, 2.45) is 4.99 Å². The van der Waals surface area contributed by atoms with E-state index >= 15 is 0 Å². The van der Waals surface area contributed by atoms with Crippen LogP contribution in [0.1, 0.15) is 36.3 Å². The minimum Gasteiger partial charge on any atom is -0.302 e. The van der Waals surface area contributed by atoms with Gasteiger partial charge in [-0.1, -0.05) is 46.6 Å². The molecule has 0 radical (unpaired) electrons. The first kappa shape index (κ1) is 16.7. The van der Waals surface area contributed by atoms with E-state index in [0.717, 1.165) is 40.9 Å². The van der Waals surface area contributed by atoms with Crippen LogP contribution in [0.15, 0.2) is 58.0 Å². The van der Waals surface area contributed by atoms with Crippen LogP contribution in [0, 0.1) is 0 Å². The Morgan fingerprint density at radius 3 is 2.56 bits per heavy atom. The average molecular weight is 397 g/mol. The summed E-state index contributed by atoms with van der Waals surface area (Å²) in [5.41, 5.74) is 3.53. The Bertz CT molecular complexity index is 810. The van der Waals surface area contributed by atoms with Crippen LogP contribution in [0.4, 0.5) is 5.69 Å². The van der Waals surface area contributed by atoms with Crippen molar-refractivity contribution < 1.29 is 4.79 Å². The maximum absolute atomic E-state index is 13.2. The van der Waals surface area contributed by atoms with Gasteiger partial charge in [0.25, 0.3) is 0 Å². The van der Waals surface area contributed by atoms with Gasteiger partial charge in [-0.3, -0.25) is 4.79 Å². The van der Waals surface area contributed by atoms with Crippen LogP contribution < -0.4 is 0 Å². The van der Waals surface area contributed by atoms with Crippen LogP contribution in [-0.4, -0.2) is 36.0 Å². The largest absolute Gasteiger partial charge is 0.302 e. The molecular formula is C21H21BrN2O.